The van der Waals surface area contributed by atoms with Crippen molar-refractivity contribution in [1.82, 2.24) is 5.32 Å². The number of nitrogens with one attached hydrogen (secondary N) is 1. The van der Waals surface area contributed by atoms with Crippen molar-refractivity contribution >= 4 is 5.91 Å². The molecule has 0 aromatic heterocycles. The van der Waals surface area contributed by atoms with E-state index in [0.29, 0.717) is 24.1 Å². The molecule has 0 saturated carbocycles. The van der Waals surface area contributed by atoms with Gasteiger partial charge in [-0.25, -0.2) is 4.39 Å². The fourth-order valence-corrected chi connectivity index (χ4v) is 1.81. The minimum absolute atomic E-state index is 0.217. The van der Waals surface area contributed by atoms with Crippen LogP contribution < -0.4 is 5.32 Å². The lowest BCUT2D eigenvalue weighted by Gasteiger charge is -2.18. The van der Waals surface area contributed by atoms with Gasteiger partial charge in [0.15, 0.2) is 0 Å². The van der Waals surface area contributed by atoms with E-state index >= 15 is 0 Å². The van der Waals surface area contributed by atoms with E-state index in [-0.39, 0.29) is 11.7 Å². The molecule has 19 heavy (non-hydrogen) atoms. The molecule has 1 atom stereocenters. The van der Waals surface area contributed by atoms with Crippen molar-refractivity contribution < 1.29 is 9.18 Å². The van der Waals surface area contributed by atoms with Crippen molar-refractivity contribution in [2.45, 2.75) is 40.7 Å². The Bertz CT molecular complexity index is 510. The van der Waals surface area contributed by atoms with E-state index in [0.717, 1.165) is 5.56 Å². The summed E-state index contributed by atoms with van der Waals surface area (Å²) in [5.41, 5.74) is 0.941. The van der Waals surface area contributed by atoms with Gasteiger partial charge in [0.25, 0.3) is 0 Å². The molecule has 0 radical (unpaired) electrons. The molecule has 0 aliphatic rings. The van der Waals surface area contributed by atoms with Crippen LogP contribution in [-0.4, -0.2) is 5.91 Å². The number of halogens is 1. The van der Waals surface area contributed by atoms with Crippen LogP contribution in [0.25, 0.3) is 0 Å². The zero-order chi connectivity index (χ0) is 14.6. The summed E-state index contributed by atoms with van der Waals surface area (Å²) in [5, 5.41) is 11.7. The lowest BCUT2D eigenvalue weighted by molar-refractivity contribution is -0.127. The van der Waals surface area contributed by atoms with E-state index in [9.17, 15) is 9.18 Å². The first-order valence-electron chi connectivity index (χ1n) is 6.29. The number of carbonyl (C=O) groups is 1. The largest absolute Gasteiger partial charge is 0.351 e. The van der Waals surface area contributed by atoms with Gasteiger partial charge in [0.1, 0.15) is 11.2 Å². The number of amides is 1. The number of benzene rings is 1. The summed E-state index contributed by atoms with van der Waals surface area (Å²) < 4.78 is 13.5. The molecule has 1 amide bonds. The van der Waals surface area contributed by atoms with Crippen molar-refractivity contribution in [3.05, 3.63) is 34.6 Å². The molecule has 0 aliphatic carbocycles. The second kappa shape index (κ2) is 5.83. The minimum Gasteiger partial charge on any atom is -0.351 e. The average molecular weight is 262 g/mol. The third-order valence-electron chi connectivity index (χ3n) is 3.40. The lowest BCUT2D eigenvalue weighted by Crippen LogP contribution is -2.37. The van der Waals surface area contributed by atoms with Crippen molar-refractivity contribution in [1.29, 1.82) is 5.26 Å². The van der Waals surface area contributed by atoms with Crippen LogP contribution in [0.15, 0.2) is 12.1 Å². The number of rotatable bonds is 4. The van der Waals surface area contributed by atoms with Crippen LogP contribution in [0.1, 0.15) is 37.0 Å². The first kappa shape index (κ1) is 15.2. The van der Waals surface area contributed by atoms with Gasteiger partial charge in [-0.3, -0.25) is 4.79 Å². The molecule has 0 bridgehead atoms. The SMILES string of the molecule is CCC(C)(C#N)C(=O)NCc1cc(C)c(F)c(C)c1. The number of hydrogen-bond donors (Lipinski definition) is 1. The lowest BCUT2D eigenvalue weighted by atomic mass is 9.88. The molecule has 0 saturated heterocycles. The Kier molecular flexibility index (Phi) is 4.66. The summed E-state index contributed by atoms with van der Waals surface area (Å²) in [6.07, 6.45) is 0.455. The maximum absolute atomic E-state index is 13.5. The summed E-state index contributed by atoms with van der Waals surface area (Å²) in [6, 6.07) is 5.44. The Morgan fingerprint density at radius 3 is 2.37 bits per heavy atom. The van der Waals surface area contributed by atoms with Gasteiger partial charge < -0.3 is 5.32 Å². The minimum atomic E-state index is -1.01. The Balaban J connectivity index is 2.79. The first-order chi connectivity index (χ1) is 8.84. The molecule has 1 aromatic rings. The Morgan fingerprint density at radius 2 is 1.95 bits per heavy atom. The van der Waals surface area contributed by atoms with Crippen LogP contribution in [-0.2, 0) is 11.3 Å². The Hall–Kier alpha value is -1.89. The summed E-state index contributed by atoms with van der Waals surface area (Å²) in [5.74, 6) is -0.511. The Morgan fingerprint density at radius 1 is 1.42 bits per heavy atom. The summed E-state index contributed by atoms with van der Waals surface area (Å²) >= 11 is 0. The number of aryl methyl sites for hydroxylation is 2. The third kappa shape index (κ3) is 3.31. The molecule has 0 heterocycles. The summed E-state index contributed by atoms with van der Waals surface area (Å²) in [7, 11) is 0. The predicted octanol–water partition coefficient (Wildman–Crippen LogP) is 3.00. The van der Waals surface area contributed by atoms with Gasteiger partial charge in [-0.05, 0) is 43.9 Å². The van der Waals surface area contributed by atoms with Crippen molar-refractivity contribution in [2.24, 2.45) is 5.41 Å². The molecule has 0 fully saturated rings. The van der Waals surface area contributed by atoms with E-state index in [1.807, 2.05) is 6.07 Å². The molecule has 0 spiro atoms. The monoisotopic (exact) mass is 262 g/mol. The van der Waals surface area contributed by atoms with Crippen LogP contribution in [0.2, 0.25) is 0 Å². The zero-order valence-electron chi connectivity index (χ0n) is 11.8. The van der Waals surface area contributed by atoms with Gasteiger partial charge in [0.05, 0.1) is 6.07 Å². The molecule has 1 rings (SSSR count). The molecule has 4 heteroatoms. The molecular weight excluding hydrogens is 243 g/mol. The highest BCUT2D eigenvalue weighted by Gasteiger charge is 2.30. The van der Waals surface area contributed by atoms with Crippen LogP contribution in [0.4, 0.5) is 4.39 Å². The second-order valence-corrected chi connectivity index (χ2v) is 5.02. The van der Waals surface area contributed by atoms with Crippen LogP contribution >= 0.6 is 0 Å². The quantitative estimate of drug-likeness (QED) is 0.906. The molecule has 3 nitrogen and oxygen atoms in total. The van der Waals surface area contributed by atoms with Gasteiger partial charge in [-0.1, -0.05) is 19.1 Å². The highest BCUT2D eigenvalue weighted by atomic mass is 19.1. The topological polar surface area (TPSA) is 52.9 Å². The average Bonchev–Trinajstić information content (AvgIpc) is 2.40. The van der Waals surface area contributed by atoms with E-state index < -0.39 is 5.41 Å². The van der Waals surface area contributed by atoms with E-state index in [4.69, 9.17) is 5.26 Å². The zero-order valence-corrected chi connectivity index (χ0v) is 11.8. The number of carbonyl (C=O) groups excluding carboxylic acids is 1. The number of nitrogens with zero attached hydrogens (tertiary/aromatic N) is 1. The normalized spacial score (nSPS) is 13.5. The molecule has 1 unspecified atom stereocenters. The van der Waals surface area contributed by atoms with E-state index in [1.165, 1.54) is 0 Å². The predicted molar refractivity (Wildman–Crippen MR) is 71.7 cm³/mol. The van der Waals surface area contributed by atoms with Gasteiger partial charge in [-0.2, -0.15) is 5.26 Å². The van der Waals surface area contributed by atoms with Crippen molar-refractivity contribution in [2.75, 3.05) is 0 Å². The van der Waals surface area contributed by atoms with Gasteiger partial charge in [0.2, 0.25) is 5.91 Å². The molecule has 102 valence electrons. The van der Waals surface area contributed by atoms with Gasteiger partial charge in [0, 0.05) is 6.54 Å². The van der Waals surface area contributed by atoms with Gasteiger partial charge >= 0.3 is 0 Å². The second-order valence-electron chi connectivity index (χ2n) is 5.02. The highest BCUT2D eigenvalue weighted by Crippen LogP contribution is 2.20. The van der Waals surface area contributed by atoms with Gasteiger partial charge in [-0.15, -0.1) is 0 Å². The van der Waals surface area contributed by atoms with E-state index in [2.05, 4.69) is 5.32 Å². The molecular formula is C15H19FN2O. The smallest absolute Gasteiger partial charge is 0.240 e. The van der Waals surface area contributed by atoms with E-state index in [1.54, 1.807) is 39.8 Å². The van der Waals surface area contributed by atoms with Crippen LogP contribution in [0.5, 0.6) is 0 Å². The standard InChI is InChI=1S/C15H19FN2O/c1-5-15(4,9-17)14(19)18-8-12-6-10(2)13(16)11(3)7-12/h6-7H,5,8H2,1-4H3,(H,18,19). The highest BCUT2D eigenvalue weighted by molar-refractivity contribution is 5.84. The maximum atomic E-state index is 13.5. The summed E-state index contributed by atoms with van der Waals surface area (Å²) in [4.78, 5) is 11.9. The van der Waals surface area contributed by atoms with Crippen molar-refractivity contribution in [3.63, 3.8) is 0 Å². The maximum Gasteiger partial charge on any atom is 0.240 e. The third-order valence-corrected chi connectivity index (χ3v) is 3.40. The number of hydrogen-bond acceptors (Lipinski definition) is 2. The van der Waals surface area contributed by atoms with Crippen LogP contribution in [0, 0.1) is 36.4 Å². The summed E-state index contributed by atoms with van der Waals surface area (Å²) in [6.45, 7) is 7.11. The molecule has 1 aromatic carbocycles. The fourth-order valence-electron chi connectivity index (χ4n) is 1.81. The Labute approximate surface area is 113 Å². The molecule has 0 aliphatic heterocycles. The molecule has 1 N–H and O–H groups in total. The first-order valence-corrected chi connectivity index (χ1v) is 6.29. The number of nitriles is 1. The van der Waals surface area contributed by atoms with Crippen molar-refractivity contribution in [3.8, 4) is 6.07 Å². The fraction of sp³-hybridized carbons (Fsp3) is 0.467. The van der Waals surface area contributed by atoms with Crippen LogP contribution in [0.3, 0.4) is 0 Å².